The van der Waals surface area contributed by atoms with Gasteiger partial charge in [-0.15, -0.1) is 0 Å². The summed E-state index contributed by atoms with van der Waals surface area (Å²) in [6, 6.07) is 18.0. The number of piperidine rings is 1. The Kier molecular flexibility index (Phi) is 3.80. The van der Waals surface area contributed by atoms with Gasteiger partial charge in [0.05, 0.1) is 6.54 Å². The zero-order valence-corrected chi connectivity index (χ0v) is 13.1. The van der Waals surface area contributed by atoms with Crippen LogP contribution in [0.4, 0.5) is 0 Å². The highest BCUT2D eigenvalue weighted by Gasteiger charge is 2.22. The molecule has 2 aromatic carbocycles. The lowest BCUT2D eigenvalue weighted by Crippen LogP contribution is -2.33. The quantitative estimate of drug-likeness (QED) is 0.773. The van der Waals surface area contributed by atoms with Crippen molar-refractivity contribution in [2.75, 3.05) is 13.1 Å². The lowest BCUT2D eigenvalue weighted by Gasteiger charge is -2.32. The van der Waals surface area contributed by atoms with Gasteiger partial charge in [-0.1, -0.05) is 30.3 Å². The summed E-state index contributed by atoms with van der Waals surface area (Å²) in [5.41, 5.74) is 2.20. The minimum absolute atomic E-state index is 0.358. The Balaban J connectivity index is 1.49. The fourth-order valence-corrected chi connectivity index (χ4v) is 3.59. The van der Waals surface area contributed by atoms with Gasteiger partial charge in [0, 0.05) is 11.9 Å². The zero-order valence-electron chi connectivity index (χ0n) is 13.1. The van der Waals surface area contributed by atoms with E-state index in [9.17, 15) is 5.11 Å². The lowest BCUT2D eigenvalue weighted by atomic mass is 9.90. The van der Waals surface area contributed by atoms with Crippen LogP contribution in [-0.4, -0.2) is 23.1 Å². The van der Waals surface area contributed by atoms with Gasteiger partial charge in [-0.2, -0.15) is 0 Å². The molecule has 1 atom stereocenters. The first-order valence-electron chi connectivity index (χ1n) is 8.27. The van der Waals surface area contributed by atoms with Crippen LogP contribution >= 0.6 is 0 Å². The monoisotopic (exact) mass is 307 g/mol. The van der Waals surface area contributed by atoms with E-state index >= 15 is 0 Å². The van der Waals surface area contributed by atoms with Crippen LogP contribution < -0.4 is 0 Å². The van der Waals surface area contributed by atoms with Gasteiger partial charge in [-0.25, -0.2) is 0 Å². The van der Waals surface area contributed by atoms with Crippen LogP contribution in [0.15, 0.2) is 59.0 Å². The topological polar surface area (TPSA) is 36.6 Å². The number of hydrogen-bond donors (Lipinski definition) is 1. The van der Waals surface area contributed by atoms with Gasteiger partial charge in [0.15, 0.2) is 0 Å². The number of nitrogens with zero attached hydrogens (tertiary/aromatic N) is 1. The van der Waals surface area contributed by atoms with Crippen molar-refractivity contribution in [3.05, 3.63) is 65.9 Å². The number of phenols is 1. The van der Waals surface area contributed by atoms with Crippen molar-refractivity contribution in [2.45, 2.75) is 25.3 Å². The van der Waals surface area contributed by atoms with Gasteiger partial charge in [0.1, 0.15) is 17.1 Å². The molecule has 0 spiro atoms. The third kappa shape index (κ3) is 3.10. The van der Waals surface area contributed by atoms with E-state index in [1.165, 1.54) is 23.8 Å². The smallest absolute Gasteiger partial charge is 0.134 e. The number of para-hydroxylation sites is 1. The third-order valence-corrected chi connectivity index (χ3v) is 4.70. The highest BCUT2D eigenvalue weighted by molar-refractivity contribution is 5.77. The molecule has 0 amide bonds. The fraction of sp³-hybridized carbons (Fsp3) is 0.300. The summed E-state index contributed by atoms with van der Waals surface area (Å²) in [6.45, 7) is 2.97. The first kappa shape index (κ1) is 14.3. The van der Waals surface area contributed by atoms with E-state index in [0.29, 0.717) is 11.7 Å². The second-order valence-electron chi connectivity index (χ2n) is 6.42. The second-order valence-corrected chi connectivity index (χ2v) is 6.42. The number of likely N-dealkylation sites (tertiary alicyclic amines) is 1. The van der Waals surface area contributed by atoms with E-state index in [4.69, 9.17) is 4.42 Å². The fourth-order valence-electron chi connectivity index (χ4n) is 3.59. The van der Waals surface area contributed by atoms with Crippen LogP contribution in [-0.2, 0) is 6.54 Å². The largest absolute Gasteiger partial charge is 0.508 e. The molecule has 118 valence electrons. The van der Waals surface area contributed by atoms with Crippen molar-refractivity contribution in [2.24, 2.45) is 0 Å². The molecule has 0 bridgehead atoms. The maximum absolute atomic E-state index is 9.70. The Bertz CT molecular complexity index is 775. The van der Waals surface area contributed by atoms with E-state index in [-0.39, 0.29) is 0 Å². The molecule has 0 aliphatic carbocycles. The van der Waals surface area contributed by atoms with Crippen molar-refractivity contribution in [3.8, 4) is 5.75 Å². The molecular formula is C20H21NO2. The van der Waals surface area contributed by atoms with Gasteiger partial charge >= 0.3 is 0 Å². The maximum Gasteiger partial charge on any atom is 0.134 e. The van der Waals surface area contributed by atoms with E-state index in [2.05, 4.69) is 23.1 Å². The van der Waals surface area contributed by atoms with Gasteiger partial charge in [-0.3, -0.25) is 4.90 Å². The Morgan fingerprint density at radius 3 is 2.87 bits per heavy atom. The molecule has 1 unspecified atom stereocenters. The Morgan fingerprint density at radius 2 is 2.00 bits per heavy atom. The summed E-state index contributed by atoms with van der Waals surface area (Å²) in [6.07, 6.45) is 2.36. The molecule has 1 saturated heterocycles. The Morgan fingerprint density at radius 1 is 1.09 bits per heavy atom. The summed E-state index contributed by atoms with van der Waals surface area (Å²) < 4.78 is 5.95. The molecule has 0 radical (unpaired) electrons. The number of aromatic hydroxyl groups is 1. The molecule has 23 heavy (non-hydrogen) atoms. The lowest BCUT2D eigenvalue weighted by molar-refractivity contribution is 0.188. The number of phenolic OH excluding ortho intramolecular Hbond substituents is 1. The van der Waals surface area contributed by atoms with Crippen molar-refractivity contribution >= 4 is 11.0 Å². The highest BCUT2D eigenvalue weighted by Crippen LogP contribution is 2.30. The van der Waals surface area contributed by atoms with Crippen LogP contribution in [0.2, 0.25) is 0 Å². The second kappa shape index (κ2) is 6.09. The van der Waals surface area contributed by atoms with Crippen LogP contribution in [0.1, 0.15) is 30.1 Å². The summed E-state index contributed by atoms with van der Waals surface area (Å²) >= 11 is 0. The standard InChI is InChI=1S/C20H21NO2/c22-18-8-3-6-15(11-18)17-7-4-10-21(13-17)14-19-12-16-5-1-2-9-20(16)23-19/h1-3,5-6,8-9,11-12,17,22H,4,7,10,13-14H2. The third-order valence-electron chi connectivity index (χ3n) is 4.70. The van der Waals surface area contributed by atoms with Crippen molar-refractivity contribution in [1.82, 2.24) is 4.90 Å². The molecule has 2 heterocycles. The minimum Gasteiger partial charge on any atom is -0.508 e. The molecule has 3 aromatic rings. The number of rotatable bonds is 3. The molecule has 0 saturated carbocycles. The maximum atomic E-state index is 9.70. The van der Waals surface area contributed by atoms with E-state index in [1.54, 1.807) is 6.07 Å². The Hall–Kier alpha value is -2.26. The van der Waals surface area contributed by atoms with Crippen LogP contribution in [0.25, 0.3) is 11.0 Å². The molecule has 3 nitrogen and oxygen atoms in total. The number of fused-ring (bicyclic) bond motifs is 1. The number of benzene rings is 2. The van der Waals surface area contributed by atoms with E-state index in [1.807, 2.05) is 30.3 Å². The number of hydrogen-bond acceptors (Lipinski definition) is 3. The van der Waals surface area contributed by atoms with Gasteiger partial charge in [0.2, 0.25) is 0 Å². The molecule has 1 aromatic heterocycles. The minimum atomic E-state index is 0.358. The van der Waals surface area contributed by atoms with Crippen LogP contribution in [0, 0.1) is 0 Å². The summed E-state index contributed by atoms with van der Waals surface area (Å²) in [7, 11) is 0. The average molecular weight is 307 g/mol. The first-order chi connectivity index (χ1) is 11.3. The SMILES string of the molecule is Oc1cccc(C2CCCN(Cc3cc4ccccc4o3)C2)c1. The molecule has 1 aliphatic heterocycles. The highest BCUT2D eigenvalue weighted by atomic mass is 16.3. The molecule has 4 rings (SSSR count). The average Bonchev–Trinajstić information content (AvgIpc) is 2.97. The summed E-state index contributed by atoms with van der Waals surface area (Å²) in [5, 5.41) is 10.9. The normalized spacial score (nSPS) is 19.2. The first-order valence-corrected chi connectivity index (χ1v) is 8.27. The predicted octanol–water partition coefficient (Wildman–Crippen LogP) is 4.52. The van der Waals surface area contributed by atoms with E-state index < -0.39 is 0 Å². The molecule has 1 N–H and O–H groups in total. The summed E-state index contributed by atoms with van der Waals surface area (Å²) in [4.78, 5) is 2.45. The van der Waals surface area contributed by atoms with Crippen LogP contribution in [0.5, 0.6) is 5.75 Å². The molecule has 1 aliphatic rings. The molecule has 3 heteroatoms. The molecule has 1 fully saturated rings. The Labute approximate surface area is 136 Å². The number of furan rings is 1. The van der Waals surface area contributed by atoms with Crippen LogP contribution in [0.3, 0.4) is 0 Å². The predicted molar refractivity (Wildman–Crippen MR) is 91.6 cm³/mol. The van der Waals surface area contributed by atoms with E-state index in [0.717, 1.165) is 31.0 Å². The summed E-state index contributed by atoms with van der Waals surface area (Å²) in [5.74, 6) is 1.87. The van der Waals surface area contributed by atoms with Gasteiger partial charge < -0.3 is 9.52 Å². The van der Waals surface area contributed by atoms with Gasteiger partial charge in [-0.05, 0) is 55.1 Å². The molecular weight excluding hydrogens is 286 g/mol. The zero-order chi connectivity index (χ0) is 15.6. The van der Waals surface area contributed by atoms with Crippen molar-refractivity contribution in [3.63, 3.8) is 0 Å². The van der Waals surface area contributed by atoms with Crippen molar-refractivity contribution < 1.29 is 9.52 Å². The van der Waals surface area contributed by atoms with Crippen molar-refractivity contribution in [1.29, 1.82) is 0 Å². The van der Waals surface area contributed by atoms with Gasteiger partial charge in [0.25, 0.3) is 0 Å².